The average molecular weight is 371 g/mol. The van der Waals surface area contributed by atoms with Crippen LogP contribution in [0.15, 0.2) is 35.0 Å². The van der Waals surface area contributed by atoms with E-state index >= 15 is 0 Å². The van der Waals surface area contributed by atoms with E-state index in [4.69, 9.17) is 4.74 Å². The van der Waals surface area contributed by atoms with Gasteiger partial charge in [-0.2, -0.15) is 11.3 Å². The second-order valence-corrected chi connectivity index (χ2v) is 7.54. The summed E-state index contributed by atoms with van der Waals surface area (Å²) in [6, 6.07) is 7.63. The molecule has 1 atom stereocenters. The van der Waals surface area contributed by atoms with Crippen LogP contribution >= 0.6 is 11.3 Å². The molecular formula is C19H21N3O3S. The minimum Gasteiger partial charge on any atom is -0.479 e. The summed E-state index contributed by atoms with van der Waals surface area (Å²) in [6.07, 6.45) is 1.60. The molecule has 4 rings (SSSR count). The first kappa shape index (κ1) is 16.9. The summed E-state index contributed by atoms with van der Waals surface area (Å²) in [4.78, 5) is 28.4. The molecule has 0 radical (unpaired) electrons. The second kappa shape index (κ2) is 6.64. The van der Waals surface area contributed by atoms with E-state index in [1.807, 2.05) is 22.4 Å². The molecule has 0 saturated heterocycles. The van der Waals surface area contributed by atoms with E-state index in [0.717, 1.165) is 18.4 Å². The summed E-state index contributed by atoms with van der Waals surface area (Å²) in [5, 5.41) is 7.06. The molecule has 1 aliphatic heterocycles. The molecule has 1 N–H and O–H groups in total. The third kappa shape index (κ3) is 3.26. The Morgan fingerprint density at radius 3 is 2.88 bits per heavy atom. The number of benzene rings is 1. The fourth-order valence-electron chi connectivity index (χ4n) is 3.12. The Morgan fingerprint density at radius 1 is 1.38 bits per heavy atom. The van der Waals surface area contributed by atoms with Gasteiger partial charge in [0, 0.05) is 25.3 Å². The predicted molar refractivity (Wildman–Crippen MR) is 102 cm³/mol. The monoisotopic (exact) mass is 371 g/mol. The number of anilines is 2. The van der Waals surface area contributed by atoms with Crippen molar-refractivity contribution in [3.8, 4) is 5.75 Å². The van der Waals surface area contributed by atoms with Gasteiger partial charge in [-0.1, -0.05) is 0 Å². The summed E-state index contributed by atoms with van der Waals surface area (Å²) in [5.41, 5.74) is 2.47. The van der Waals surface area contributed by atoms with Gasteiger partial charge in [-0.25, -0.2) is 4.79 Å². The molecule has 1 saturated carbocycles. The number of fused-ring (bicyclic) bond motifs is 1. The van der Waals surface area contributed by atoms with Crippen LogP contribution in [0, 0.1) is 0 Å². The largest absolute Gasteiger partial charge is 0.479 e. The Balaban J connectivity index is 1.51. The number of urea groups is 1. The van der Waals surface area contributed by atoms with Crippen LogP contribution in [0.1, 0.15) is 25.3 Å². The summed E-state index contributed by atoms with van der Waals surface area (Å²) in [5.74, 6) is 0.549. The molecule has 2 heterocycles. The fourth-order valence-corrected chi connectivity index (χ4v) is 3.78. The maximum Gasteiger partial charge on any atom is 0.322 e. The Hall–Kier alpha value is -2.54. The van der Waals surface area contributed by atoms with E-state index in [1.165, 1.54) is 0 Å². The number of hydrogen-bond acceptors (Lipinski definition) is 4. The number of thiophene rings is 1. The van der Waals surface area contributed by atoms with Crippen LogP contribution in [0.5, 0.6) is 5.75 Å². The zero-order chi connectivity index (χ0) is 18.3. The van der Waals surface area contributed by atoms with E-state index in [9.17, 15) is 9.59 Å². The number of ether oxygens (including phenoxy) is 1. The van der Waals surface area contributed by atoms with Gasteiger partial charge in [0.2, 0.25) is 0 Å². The highest BCUT2D eigenvalue weighted by molar-refractivity contribution is 7.07. The van der Waals surface area contributed by atoms with Crippen LogP contribution in [-0.2, 0) is 11.3 Å². The quantitative estimate of drug-likeness (QED) is 0.892. The summed E-state index contributed by atoms with van der Waals surface area (Å²) in [7, 11) is 1.72. The first-order chi connectivity index (χ1) is 12.5. The van der Waals surface area contributed by atoms with Crippen molar-refractivity contribution in [2.75, 3.05) is 17.3 Å². The zero-order valence-corrected chi connectivity index (χ0v) is 15.6. The van der Waals surface area contributed by atoms with Gasteiger partial charge in [-0.15, -0.1) is 0 Å². The maximum atomic E-state index is 12.8. The number of likely N-dealkylation sites (N-methyl/N-ethyl adjacent to an activating group) is 1. The van der Waals surface area contributed by atoms with E-state index < -0.39 is 6.10 Å². The highest BCUT2D eigenvalue weighted by Crippen LogP contribution is 2.36. The third-order valence-electron chi connectivity index (χ3n) is 4.74. The average Bonchev–Trinajstić information content (AvgIpc) is 3.34. The van der Waals surface area contributed by atoms with Crippen molar-refractivity contribution in [3.05, 3.63) is 40.6 Å². The molecule has 136 valence electrons. The molecule has 3 amide bonds. The Kier molecular flexibility index (Phi) is 4.32. The molecular weight excluding hydrogens is 350 g/mol. The Morgan fingerprint density at radius 2 is 2.19 bits per heavy atom. The molecule has 1 fully saturated rings. The molecule has 1 unspecified atom stereocenters. The molecule has 6 nitrogen and oxygen atoms in total. The van der Waals surface area contributed by atoms with Crippen LogP contribution in [0.2, 0.25) is 0 Å². The minimum atomic E-state index is -0.496. The number of hydrogen-bond donors (Lipinski definition) is 1. The second-order valence-electron chi connectivity index (χ2n) is 6.76. The Labute approximate surface area is 156 Å². The standard InChI is InChI=1S/C19H21N3O3S/c1-12-18(23)21(2)16-9-14(3-6-17(16)25-12)20-19(24)22(15-4-5-15)10-13-7-8-26-11-13/h3,6-9,11-12,15H,4-5,10H2,1-2H3,(H,20,24). The smallest absolute Gasteiger partial charge is 0.322 e. The first-order valence-electron chi connectivity index (χ1n) is 8.70. The molecule has 26 heavy (non-hydrogen) atoms. The van der Waals surface area contributed by atoms with Crippen LogP contribution < -0.4 is 15.0 Å². The van der Waals surface area contributed by atoms with E-state index in [2.05, 4.69) is 10.7 Å². The Bertz CT molecular complexity index is 833. The predicted octanol–water partition coefficient (Wildman–Crippen LogP) is 3.69. The molecule has 0 bridgehead atoms. The van der Waals surface area contributed by atoms with Crippen molar-refractivity contribution in [2.24, 2.45) is 0 Å². The van der Waals surface area contributed by atoms with Gasteiger partial charge in [0.15, 0.2) is 6.10 Å². The summed E-state index contributed by atoms with van der Waals surface area (Å²) >= 11 is 1.64. The SMILES string of the molecule is CC1Oc2ccc(NC(=O)N(Cc3ccsc3)C3CC3)cc2N(C)C1=O. The summed E-state index contributed by atoms with van der Waals surface area (Å²) in [6.45, 7) is 2.35. The van der Waals surface area contributed by atoms with Gasteiger partial charge in [-0.05, 0) is 60.4 Å². The van der Waals surface area contributed by atoms with Crippen molar-refractivity contribution >= 4 is 34.6 Å². The molecule has 1 aromatic heterocycles. The lowest BCUT2D eigenvalue weighted by Crippen LogP contribution is -2.42. The van der Waals surface area contributed by atoms with Crippen molar-refractivity contribution in [2.45, 2.75) is 38.5 Å². The number of carbonyl (C=O) groups excluding carboxylic acids is 2. The van der Waals surface area contributed by atoms with Gasteiger partial charge >= 0.3 is 6.03 Å². The van der Waals surface area contributed by atoms with Crippen molar-refractivity contribution < 1.29 is 14.3 Å². The van der Waals surface area contributed by atoms with Crippen LogP contribution in [-0.4, -0.2) is 36.0 Å². The number of rotatable bonds is 4. The van der Waals surface area contributed by atoms with E-state index in [-0.39, 0.29) is 11.9 Å². The number of amides is 3. The van der Waals surface area contributed by atoms with Crippen molar-refractivity contribution in [1.29, 1.82) is 0 Å². The molecule has 7 heteroatoms. The lowest BCUT2D eigenvalue weighted by atomic mass is 10.2. The highest BCUT2D eigenvalue weighted by Gasteiger charge is 2.33. The molecule has 2 aliphatic rings. The van der Waals surface area contributed by atoms with Crippen LogP contribution in [0.25, 0.3) is 0 Å². The molecule has 1 aromatic carbocycles. The van der Waals surface area contributed by atoms with Gasteiger partial charge in [0.05, 0.1) is 5.69 Å². The van der Waals surface area contributed by atoms with E-state index in [0.29, 0.717) is 29.7 Å². The topological polar surface area (TPSA) is 61.9 Å². The lowest BCUT2D eigenvalue weighted by Gasteiger charge is -2.30. The zero-order valence-electron chi connectivity index (χ0n) is 14.8. The first-order valence-corrected chi connectivity index (χ1v) is 9.64. The van der Waals surface area contributed by atoms with E-state index in [1.54, 1.807) is 42.3 Å². The van der Waals surface area contributed by atoms with Crippen LogP contribution in [0.3, 0.4) is 0 Å². The molecule has 2 aromatic rings. The fraction of sp³-hybridized carbons (Fsp3) is 0.368. The van der Waals surface area contributed by atoms with Crippen molar-refractivity contribution in [1.82, 2.24) is 4.90 Å². The van der Waals surface area contributed by atoms with Gasteiger partial charge in [0.25, 0.3) is 5.91 Å². The van der Waals surface area contributed by atoms with Crippen molar-refractivity contribution in [3.63, 3.8) is 0 Å². The van der Waals surface area contributed by atoms with Gasteiger partial charge in [0.1, 0.15) is 5.75 Å². The number of nitrogens with one attached hydrogen (secondary N) is 1. The molecule has 0 spiro atoms. The van der Waals surface area contributed by atoms with Gasteiger partial charge < -0.3 is 19.9 Å². The highest BCUT2D eigenvalue weighted by atomic mass is 32.1. The van der Waals surface area contributed by atoms with Gasteiger partial charge in [-0.3, -0.25) is 4.79 Å². The minimum absolute atomic E-state index is 0.0990. The lowest BCUT2D eigenvalue weighted by molar-refractivity contribution is -0.125. The third-order valence-corrected chi connectivity index (χ3v) is 5.47. The molecule has 1 aliphatic carbocycles. The number of carbonyl (C=O) groups is 2. The maximum absolute atomic E-state index is 12.8. The summed E-state index contributed by atoms with van der Waals surface area (Å²) < 4.78 is 5.63. The van der Waals surface area contributed by atoms with Crippen LogP contribution in [0.4, 0.5) is 16.2 Å². The number of nitrogens with zero attached hydrogens (tertiary/aromatic N) is 2. The normalized spacial score (nSPS) is 18.9.